The van der Waals surface area contributed by atoms with Gasteiger partial charge in [0.1, 0.15) is 10.8 Å². The summed E-state index contributed by atoms with van der Waals surface area (Å²) in [6, 6.07) is 15.3. The SMILES string of the molecule is Cc1ccccc1CS(=O)(=O)Cc1nc2ccccc2s1. The van der Waals surface area contributed by atoms with Crippen LogP contribution in [0.2, 0.25) is 0 Å². The Balaban J connectivity index is 1.84. The van der Waals surface area contributed by atoms with E-state index in [4.69, 9.17) is 0 Å². The van der Waals surface area contributed by atoms with Crippen LogP contribution in [0.4, 0.5) is 0 Å². The van der Waals surface area contributed by atoms with E-state index >= 15 is 0 Å². The Morgan fingerprint density at radius 1 is 1.00 bits per heavy atom. The fraction of sp³-hybridized carbons (Fsp3) is 0.188. The lowest BCUT2D eigenvalue weighted by Crippen LogP contribution is -2.08. The second-order valence-corrected chi connectivity index (χ2v) is 8.21. The smallest absolute Gasteiger partial charge is 0.160 e. The summed E-state index contributed by atoms with van der Waals surface area (Å²) in [5.74, 6) is 0.0658. The van der Waals surface area contributed by atoms with Crippen molar-refractivity contribution < 1.29 is 8.42 Å². The minimum Gasteiger partial charge on any atom is -0.240 e. The Bertz CT molecular complexity index is 849. The lowest BCUT2D eigenvalue weighted by atomic mass is 10.1. The second-order valence-electron chi connectivity index (χ2n) is 5.03. The zero-order chi connectivity index (χ0) is 14.9. The largest absolute Gasteiger partial charge is 0.240 e. The van der Waals surface area contributed by atoms with E-state index in [1.165, 1.54) is 11.3 Å². The molecule has 0 amide bonds. The normalized spacial score (nSPS) is 11.9. The van der Waals surface area contributed by atoms with Crippen molar-refractivity contribution in [2.24, 2.45) is 0 Å². The van der Waals surface area contributed by atoms with Gasteiger partial charge in [-0.1, -0.05) is 36.4 Å². The zero-order valence-corrected chi connectivity index (χ0v) is 13.2. The highest BCUT2D eigenvalue weighted by molar-refractivity contribution is 7.90. The van der Waals surface area contributed by atoms with Crippen LogP contribution in [0, 0.1) is 6.92 Å². The van der Waals surface area contributed by atoms with Gasteiger partial charge in [0, 0.05) is 0 Å². The summed E-state index contributed by atoms with van der Waals surface area (Å²) in [5.41, 5.74) is 2.73. The van der Waals surface area contributed by atoms with Gasteiger partial charge in [0.25, 0.3) is 0 Å². The molecule has 3 aromatic rings. The number of para-hydroxylation sites is 1. The molecular formula is C16H15NO2S2. The van der Waals surface area contributed by atoms with E-state index in [1.54, 1.807) is 0 Å². The molecule has 0 aliphatic heterocycles. The summed E-state index contributed by atoms with van der Waals surface area (Å²) < 4.78 is 25.8. The minimum atomic E-state index is -3.21. The Kier molecular flexibility index (Phi) is 3.78. The number of aryl methyl sites for hydroxylation is 1. The van der Waals surface area contributed by atoms with Gasteiger partial charge in [0.15, 0.2) is 9.84 Å². The molecule has 108 valence electrons. The Morgan fingerprint density at radius 3 is 2.48 bits per heavy atom. The van der Waals surface area contributed by atoms with Crippen LogP contribution in [0.25, 0.3) is 10.2 Å². The molecule has 2 aromatic carbocycles. The zero-order valence-electron chi connectivity index (χ0n) is 11.6. The summed E-state index contributed by atoms with van der Waals surface area (Å²) in [4.78, 5) is 4.40. The van der Waals surface area contributed by atoms with Crippen molar-refractivity contribution in [2.75, 3.05) is 0 Å². The number of aromatic nitrogens is 1. The Hall–Kier alpha value is -1.72. The summed E-state index contributed by atoms with van der Waals surface area (Å²) >= 11 is 1.45. The maximum absolute atomic E-state index is 12.4. The molecule has 1 aromatic heterocycles. The fourth-order valence-corrected chi connectivity index (χ4v) is 5.11. The van der Waals surface area contributed by atoms with Crippen LogP contribution in [-0.4, -0.2) is 13.4 Å². The number of rotatable bonds is 4. The highest BCUT2D eigenvalue weighted by Gasteiger charge is 2.17. The average Bonchev–Trinajstić information content (AvgIpc) is 2.82. The number of fused-ring (bicyclic) bond motifs is 1. The molecule has 0 aliphatic rings. The molecule has 3 rings (SSSR count). The van der Waals surface area contributed by atoms with Gasteiger partial charge in [-0.3, -0.25) is 0 Å². The van der Waals surface area contributed by atoms with E-state index in [0.717, 1.165) is 21.3 Å². The maximum atomic E-state index is 12.4. The molecule has 0 unspecified atom stereocenters. The van der Waals surface area contributed by atoms with E-state index < -0.39 is 9.84 Å². The quantitative estimate of drug-likeness (QED) is 0.737. The highest BCUT2D eigenvalue weighted by atomic mass is 32.2. The summed E-state index contributed by atoms with van der Waals surface area (Å²) in [6.07, 6.45) is 0. The molecule has 0 aliphatic carbocycles. The van der Waals surface area contributed by atoms with Crippen molar-refractivity contribution in [1.82, 2.24) is 4.98 Å². The van der Waals surface area contributed by atoms with E-state index in [-0.39, 0.29) is 11.5 Å². The minimum absolute atomic E-state index is 0.000676. The first-order valence-electron chi connectivity index (χ1n) is 6.63. The molecular weight excluding hydrogens is 302 g/mol. The maximum Gasteiger partial charge on any atom is 0.160 e. The molecule has 0 spiro atoms. The van der Waals surface area contributed by atoms with E-state index in [1.807, 2.05) is 55.5 Å². The van der Waals surface area contributed by atoms with E-state index in [2.05, 4.69) is 4.98 Å². The van der Waals surface area contributed by atoms with E-state index in [0.29, 0.717) is 5.01 Å². The molecule has 5 heteroatoms. The van der Waals surface area contributed by atoms with Crippen LogP contribution < -0.4 is 0 Å². The number of sulfone groups is 1. The van der Waals surface area contributed by atoms with Crippen LogP contribution in [0.1, 0.15) is 16.1 Å². The first-order valence-corrected chi connectivity index (χ1v) is 9.27. The van der Waals surface area contributed by atoms with Gasteiger partial charge in [-0.25, -0.2) is 13.4 Å². The first kappa shape index (κ1) is 14.2. The number of thiazole rings is 1. The molecule has 3 nitrogen and oxygen atoms in total. The number of hydrogen-bond acceptors (Lipinski definition) is 4. The summed E-state index contributed by atoms with van der Waals surface area (Å²) in [6.45, 7) is 1.93. The van der Waals surface area contributed by atoms with Crippen molar-refractivity contribution in [1.29, 1.82) is 0 Å². The van der Waals surface area contributed by atoms with Gasteiger partial charge in [-0.05, 0) is 30.2 Å². The molecule has 0 radical (unpaired) electrons. The predicted molar refractivity (Wildman–Crippen MR) is 87.1 cm³/mol. The van der Waals surface area contributed by atoms with Crippen LogP contribution in [0.3, 0.4) is 0 Å². The second kappa shape index (κ2) is 5.58. The third-order valence-electron chi connectivity index (χ3n) is 3.32. The predicted octanol–water partition coefficient (Wildman–Crippen LogP) is 3.72. The third-order valence-corrected chi connectivity index (χ3v) is 6.00. The van der Waals surface area contributed by atoms with Crippen molar-refractivity contribution in [3.8, 4) is 0 Å². The lowest BCUT2D eigenvalue weighted by Gasteiger charge is -2.05. The van der Waals surface area contributed by atoms with Gasteiger partial charge < -0.3 is 0 Å². The first-order chi connectivity index (χ1) is 10.0. The Labute approximate surface area is 128 Å². The summed E-state index contributed by atoms with van der Waals surface area (Å²) in [7, 11) is -3.21. The van der Waals surface area contributed by atoms with Crippen molar-refractivity contribution in [2.45, 2.75) is 18.4 Å². The van der Waals surface area contributed by atoms with Crippen LogP contribution in [-0.2, 0) is 21.3 Å². The number of benzene rings is 2. The van der Waals surface area contributed by atoms with Gasteiger partial charge in [-0.2, -0.15) is 0 Å². The van der Waals surface area contributed by atoms with Crippen molar-refractivity contribution in [3.63, 3.8) is 0 Å². The molecule has 21 heavy (non-hydrogen) atoms. The molecule has 1 heterocycles. The third kappa shape index (κ3) is 3.31. The monoisotopic (exact) mass is 317 g/mol. The molecule has 0 saturated heterocycles. The molecule has 0 atom stereocenters. The molecule has 0 saturated carbocycles. The standard InChI is InChI=1S/C16H15NO2S2/c1-12-6-2-3-7-13(12)10-21(18,19)11-16-17-14-8-4-5-9-15(14)20-16/h2-9H,10-11H2,1H3. The number of hydrogen-bond donors (Lipinski definition) is 0. The highest BCUT2D eigenvalue weighted by Crippen LogP contribution is 2.24. The van der Waals surface area contributed by atoms with Crippen LogP contribution in [0.15, 0.2) is 48.5 Å². The van der Waals surface area contributed by atoms with Gasteiger partial charge in [0.2, 0.25) is 0 Å². The van der Waals surface area contributed by atoms with E-state index in [9.17, 15) is 8.42 Å². The molecule has 0 fully saturated rings. The van der Waals surface area contributed by atoms with Crippen LogP contribution >= 0.6 is 11.3 Å². The molecule has 0 N–H and O–H groups in total. The molecule has 0 bridgehead atoms. The van der Waals surface area contributed by atoms with Crippen molar-refractivity contribution >= 4 is 31.4 Å². The average molecular weight is 317 g/mol. The topological polar surface area (TPSA) is 47.0 Å². The summed E-state index contributed by atoms with van der Waals surface area (Å²) in [5, 5.41) is 0.657. The van der Waals surface area contributed by atoms with Gasteiger partial charge in [-0.15, -0.1) is 11.3 Å². The number of nitrogens with zero attached hydrogens (tertiary/aromatic N) is 1. The van der Waals surface area contributed by atoms with Gasteiger partial charge >= 0.3 is 0 Å². The van der Waals surface area contributed by atoms with Crippen LogP contribution in [0.5, 0.6) is 0 Å². The van der Waals surface area contributed by atoms with Crippen molar-refractivity contribution in [3.05, 3.63) is 64.7 Å². The Morgan fingerprint density at radius 2 is 1.71 bits per heavy atom. The fourth-order valence-electron chi connectivity index (χ4n) is 2.23. The van der Waals surface area contributed by atoms with Gasteiger partial charge in [0.05, 0.1) is 16.0 Å². The lowest BCUT2D eigenvalue weighted by molar-refractivity contribution is 0.594.